The Balaban J connectivity index is 1.74. The molecular formula is C14H21N5O2. The number of hydrogen-bond donors (Lipinski definition) is 0. The zero-order chi connectivity index (χ0) is 14.8. The first-order chi connectivity index (χ1) is 10.1. The number of aryl methyl sites for hydroxylation is 1. The maximum absolute atomic E-state index is 5.57. The second kappa shape index (κ2) is 5.95. The van der Waals surface area contributed by atoms with Crippen LogP contribution in [0.4, 0.5) is 0 Å². The molecule has 1 unspecified atom stereocenters. The Kier molecular flexibility index (Phi) is 4.03. The second-order valence-corrected chi connectivity index (χ2v) is 5.66. The molecule has 0 saturated carbocycles. The fourth-order valence-corrected chi connectivity index (χ4v) is 2.48. The summed E-state index contributed by atoms with van der Waals surface area (Å²) in [6.45, 7) is 9.03. The minimum Gasteiger partial charge on any atom is -0.378 e. The van der Waals surface area contributed by atoms with Gasteiger partial charge in [0.2, 0.25) is 5.89 Å². The van der Waals surface area contributed by atoms with E-state index in [0.29, 0.717) is 24.4 Å². The lowest BCUT2D eigenvalue weighted by atomic mass is 10.2. The van der Waals surface area contributed by atoms with E-state index in [0.717, 1.165) is 19.7 Å². The highest BCUT2D eigenvalue weighted by atomic mass is 16.5. The van der Waals surface area contributed by atoms with E-state index in [9.17, 15) is 0 Å². The summed E-state index contributed by atoms with van der Waals surface area (Å²) in [5.41, 5.74) is 1.19. The van der Waals surface area contributed by atoms with Crippen molar-refractivity contribution in [2.24, 2.45) is 0 Å². The van der Waals surface area contributed by atoms with E-state index in [1.807, 2.05) is 17.8 Å². The highest BCUT2D eigenvalue weighted by molar-refractivity contribution is 5.06. The molecule has 2 aromatic heterocycles. The molecule has 1 aliphatic rings. The van der Waals surface area contributed by atoms with Crippen LogP contribution >= 0.6 is 0 Å². The van der Waals surface area contributed by atoms with Gasteiger partial charge in [-0.2, -0.15) is 10.1 Å². The third-order valence-corrected chi connectivity index (χ3v) is 3.64. The van der Waals surface area contributed by atoms with Crippen molar-refractivity contribution in [2.75, 3.05) is 19.8 Å². The van der Waals surface area contributed by atoms with E-state index in [2.05, 4.69) is 40.2 Å². The van der Waals surface area contributed by atoms with E-state index in [4.69, 9.17) is 9.26 Å². The van der Waals surface area contributed by atoms with Crippen molar-refractivity contribution in [3.8, 4) is 0 Å². The van der Waals surface area contributed by atoms with E-state index in [1.165, 1.54) is 5.56 Å². The fraction of sp³-hybridized carbons (Fsp3) is 0.643. The second-order valence-electron chi connectivity index (χ2n) is 5.66. The van der Waals surface area contributed by atoms with Crippen LogP contribution in [-0.2, 0) is 11.3 Å². The standard InChI is InChI=1S/C14H21N5O2/c1-10(2)19-8-12(6-15-19)7-18-4-5-20-9-13(18)14-16-11(3)17-21-14/h6,8,10,13H,4-5,7,9H2,1-3H3. The van der Waals surface area contributed by atoms with Gasteiger partial charge in [0, 0.05) is 30.9 Å². The molecule has 0 spiro atoms. The number of rotatable bonds is 4. The molecule has 1 fully saturated rings. The predicted octanol–water partition coefficient (Wildman–Crippen LogP) is 1.73. The molecule has 1 aliphatic heterocycles. The Bertz CT molecular complexity index is 592. The SMILES string of the molecule is Cc1noc(C2COCCN2Cc2cnn(C(C)C)c2)n1. The lowest BCUT2D eigenvalue weighted by Crippen LogP contribution is -2.39. The van der Waals surface area contributed by atoms with Crippen LogP contribution in [0.2, 0.25) is 0 Å². The molecule has 1 saturated heterocycles. The van der Waals surface area contributed by atoms with E-state index >= 15 is 0 Å². The van der Waals surface area contributed by atoms with Crippen LogP contribution in [0.5, 0.6) is 0 Å². The highest BCUT2D eigenvalue weighted by Crippen LogP contribution is 2.24. The molecule has 3 heterocycles. The number of aromatic nitrogens is 4. The van der Waals surface area contributed by atoms with Crippen LogP contribution in [-0.4, -0.2) is 44.6 Å². The van der Waals surface area contributed by atoms with Crippen molar-refractivity contribution in [1.29, 1.82) is 0 Å². The molecule has 0 bridgehead atoms. The minimum absolute atomic E-state index is 0.0161. The summed E-state index contributed by atoms with van der Waals surface area (Å²) in [6.07, 6.45) is 4.02. The molecular weight excluding hydrogens is 270 g/mol. The molecule has 3 rings (SSSR count). The van der Waals surface area contributed by atoms with E-state index in [1.54, 1.807) is 0 Å². The van der Waals surface area contributed by atoms with Gasteiger partial charge < -0.3 is 9.26 Å². The summed E-state index contributed by atoms with van der Waals surface area (Å²) < 4.78 is 12.9. The van der Waals surface area contributed by atoms with E-state index in [-0.39, 0.29) is 6.04 Å². The molecule has 7 heteroatoms. The lowest BCUT2D eigenvalue weighted by molar-refractivity contribution is -0.0241. The van der Waals surface area contributed by atoms with Crippen LogP contribution in [0.25, 0.3) is 0 Å². The predicted molar refractivity (Wildman–Crippen MR) is 75.6 cm³/mol. The van der Waals surface area contributed by atoms with Crippen molar-refractivity contribution < 1.29 is 9.26 Å². The number of hydrogen-bond acceptors (Lipinski definition) is 6. The fourth-order valence-electron chi connectivity index (χ4n) is 2.48. The summed E-state index contributed by atoms with van der Waals surface area (Å²) in [4.78, 5) is 6.64. The Hall–Kier alpha value is -1.73. The summed E-state index contributed by atoms with van der Waals surface area (Å²) in [5.74, 6) is 1.28. The first-order valence-corrected chi connectivity index (χ1v) is 7.28. The van der Waals surface area contributed by atoms with Crippen LogP contribution in [0.1, 0.15) is 43.2 Å². The van der Waals surface area contributed by atoms with Gasteiger partial charge in [0.05, 0.1) is 19.4 Å². The Labute approximate surface area is 123 Å². The van der Waals surface area contributed by atoms with Crippen molar-refractivity contribution in [3.63, 3.8) is 0 Å². The first-order valence-electron chi connectivity index (χ1n) is 7.28. The number of morpholine rings is 1. The molecule has 21 heavy (non-hydrogen) atoms. The maximum Gasteiger partial charge on any atom is 0.246 e. The van der Waals surface area contributed by atoms with E-state index < -0.39 is 0 Å². The molecule has 0 radical (unpaired) electrons. The summed E-state index contributed by atoms with van der Waals surface area (Å²) in [7, 11) is 0. The van der Waals surface area contributed by atoms with Gasteiger partial charge in [-0.15, -0.1) is 0 Å². The molecule has 0 amide bonds. The van der Waals surface area contributed by atoms with Crippen molar-refractivity contribution >= 4 is 0 Å². The monoisotopic (exact) mass is 291 g/mol. The largest absolute Gasteiger partial charge is 0.378 e. The van der Waals surface area contributed by atoms with Gasteiger partial charge in [0.25, 0.3) is 0 Å². The maximum atomic E-state index is 5.57. The Morgan fingerprint density at radius 1 is 1.43 bits per heavy atom. The highest BCUT2D eigenvalue weighted by Gasteiger charge is 2.29. The normalized spacial score (nSPS) is 20.3. The lowest BCUT2D eigenvalue weighted by Gasteiger charge is -2.32. The number of ether oxygens (including phenoxy) is 1. The van der Waals surface area contributed by atoms with Crippen LogP contribution in [0, 0.1) is 6.92 Å². The topological polar surface area (TPSA) is 69.2 Å². The molecule has 0 aliphatic carbocycles. The van der Waals surface area contributed by atoms with Gasteiger partial charge in [-0.05, 0) is 20.8 Å². The van der Waals surface area contributed by atoms with Gasteiger partial charge >= 0.3 is 0 Å². The molecule has 7 nitrogen and oxygen atoms in total. The van der Waals surface area contributed by atoms with Gasteiger partial charge in [0.1, 0.15) is 6.04 Å². The van der Waals surface area contributed by atoms with Crippen LogP contribution in [0.15, 0.2) is 16.9 Å². The smallest absolute Gasteiger partial charge is 0.246 e. The zero-order valence-electron chi connectivity index (χ0n) is 12.7. The average molecular weight is 291 g/mol. The third kappa shape index (κ3) is 3.14. The van der Waals surface area contributed by atoms with Crippen molar-refractivity contribution in [1.82, 2.24) is 24.8 Å². The molecule has 0 aromatic carbocycles. The Morgan fingerprint density at radius 3 is 2.95 bits per heavy atom. The van der Waals surface area contributed by atoms with Crippen molar-refractivity contribution in [3.05, 3.63) is 29.7 Å². The molecule has 1 atom stereocenters. The van der Waals surface area contributed by atoms with Crippen LogP contribution < -0.4 is 0 Å². The third-order valence-electron chi connectivity index (χ3n) is 3.64. The first kappa shape index (κ1) is 14.2. The quantitative estimate of drug-likeness (QED) is 0.854. The molecule has 0 N–H and O–H groups in total. The minimum atomic E-state index is 0.0161. The molecule has 2 aromatic rings. The summed E-state index contributed by atoms with van der Waals surface area (Å²) in [6, 6.07) is 0.389. The Morgan fingerprint density at radius 2 is 2.29 bits per heavy atom. The average Bonchev–Trinajstić information content (AvgIpc) is 3.09. The van der Waals surface area contributed by atoms with Gasteiger partial charge in [-0.25, -0.2) is 0 Å². The van der Waals surface area contributed by atoms with Gasteiger partial charge in [-0.1, -0.05) is 5.16 Å². The van der Waals surface area contributed by atoms with Crippen molar-refractivity contribution in [2.45, 2.75) is 39.4 Å². The van der Waals surface area contributed by atoms with Gasteiger partial charge in [0.15, 0.2) is 5.82 Å². The molecule has 114 valence electrons. The number of nitrogens with zero attached hydrogens (tertiary/aromatic N) is 5. The van der Waals surface area contributed by atoms with Gasteiger partial charge in [-0.3, -0.25) is 9.58 Å². The summed E-state index contributed by atoms with van der Waals surface area (Å²) >= 11 is 0. The zero-order valence-corrected chi connectivity index (χ0v) is 12.7. The summed E-state index contributed by atoms with van der Waals surface area (Å²) in [5, 5.41) is 8.27. The van der Waals surface area contributed by atoms with Crippen LogP contribution in [0.3, 0.4) is 0 Å².